The number of nitrogens with zero attached hydrogens (tertiary/aromatic N) is 2. The van der Waals surface area contributed by atoms with E-state index in [2.05, 4.69) is 10.4 Å². The minimum Gasteiger partial charge on any atom is -0.348 e. The van der Waals surface area contributed by atoms with Crippen LogP contribution in [0.2, 0.25) is 0 Å². The lowest BCUT2D eigenvalue weighted by Crippen LogP contribution is -2.46. The van der Waals surface area contributed by atoms with Crippen LogP contribution in [-0.2, 0) is 6.42 Å². The molecule has 6 heteroatoms. The molecule has 0 bridgehead atoms. The van der Waals surface area contributed by atoms with Crippen LogP contribution in [0.4, 0.5) is 4.39 Å². The van der Waals surface area contributed by atoms with Crippen molar-refractivity contribution in [3.8, 4) is 5.69 Å². The van der Waals surface area contributed by atoms with E-state index in [4.69, 9.17) is 5.73 Å². The van der Waals surface area contributed by atoms with Crippen molar-refractivity contribution in [1.29, 1.82) is 0 Å². The quantitative estimate of drug-likeness (QED) is 0.833. The van der Waals surface area contributed by atoms with Gasteiger partial charge in [0.2, 0.25) is 0 Å². The molecule has 1 fully saturated rings. The van der Waals surface area contributed by atoms with E-state index in [9.17, 15) is 9.18 Å². The van der Waals surface area contributed by atoms with E-state index in [1.54, 1.807) is 23.0 Å². The summed E-state index contributed by atoms with van der Waals surface area (Å²) in [4.78, 5) is 12.9. The predicted octanol–water partition coefficient (Wildman–Crippen LogP) is 3.21. The average molecular weight is 358 g/mol. The molecule has 1 aliphatic carbocycles. The third kappa shape index (κ3) is 3.96. The summed E-state index contributed by atoms with van der Waals surface area (Å²) in [6, 6.07) is 6.11. The summed E-state index contributed by atoms with van der Waals surface area (Å²) in [5, 5.41) is 7.48. The van der Waals surface area contributed by atoms with Crippen LogP contribution in [0.5, 0.6) is 0 Å². The minimum absolute atomic E-state index is 0.00155. The molecule has 1 atom stereocenters. The van der Waals surface area contributed by atoms with Crippen molar-refractivity contribution in [3.63, 3.8) is 0 Å². The fraction of sp³-hybridized carbons (Fsp3) is 0.500. The second-order valence-electron chi connectivity index (χ2n) is 6.96. The van der Waals surface area contributed by atoms with Crippen LogP contribution in [0.15, 0.2) is 30.5 Å². The number of carbonyl (C=O) groups is 1. The average Bonchev–Trinajstić information content (AvgIpc) is 3.11. The smallest absolute Gasteiger partial charge is 0.255 e. The van der Waals surface area contributed by atoms with Crippen LogP contribution < -0.4 is 11.1 Å². The fourth-order valence-electron chi connectivity index (χ4n) is 3.86. The van der Waals surface area contributed by atoms with Crippen LogP contribution in [-0.4, -0.2) is 28.3 Å². The van der Waals surface area contributed by atoms with Crippen LogP contribution >= 0.6 is 0 Å². The number of aromatic nitrogens is 2. The first kappa shape index (κ1) is 18.6. The van der Waals surface area contributed by atoms with Crippen LogP contribution in [0, 0.1) is 11.7 Å². The van der Waals surface area contributed by atoms with E-state index in [1.165, 1.54) is 31.4 Å². The predicted molar refractivity (Wildman–Crippen MR) is 99.8 cm³/mol. The first-order valence-electron chi connectivity index (χ1n) is 9.47. The van der Waals surface area contributed by atoms with Gasteiger partial charge in [-0.15, -0.1) is 0 Å². The number of amides is 1. The molecule has 26 heavy (non-hydrogen) atoms. The summed E-state index contributed by atoms with van der Waals surface area (Å²) in [7, 11) is 0. The van der Waals surface area contributed by atoms with Gasteiger partial charge in [-0.1, -0.05) is 26.2 Å². The molecule has 140 valence electrons. The highest BCUT2D eigenvalue weighted by Crippen LogP contribution is 2.26. The highest BCUT2D eigenvalue weighted by molar-refractivity contribution is 5.95. The van der Waals surface area contributed by atoms with Gasteiger partial charge in [0.1, 0.15) is 5.82 Å². The lowest BCUT2D eigenvalue weighted by atomic mass is 9.84. The first-order valence-corrected chi connectivity index (χ1v) is 9.47. The van der Waals surface area contributed by atoms with Crippen molar-refractivity contribution in [1.82, 2.24) is 15.1 Å². The fourth-order valence-corrected chi connectivity index (χ4v) is 3.86. The molecule has 0 saturated heterocycles. The Morgan fingerprint density at radius 3 is 2.62 bits per heavy atom. The Morgan fingerprint density at radius 1 is 1.31 bits per heavy atom. The summed E-state index contributed by atoms with van der Waals surface area (Å²) in [6.07, 6.45) is 8.17. The van der Waals surface area contributed by atoms with Gasteiger partial charge in [-0.05, 0) is 49.4 Å². The molecule has 1 aliphatic rings. The Labute approximate surface area is 153 Å². The van der Waals surface area contributed by atoms with Crippen LogP contribution in [0.1, 0.15) is 55.1 Å². The molecule has 0 spiro atoms. The number of nitrogens with one attached hydrogen (secondary N) is 1. The maximum Gasteiger partial charge on any atom is 0.255 e. The number of halogens is 1. The van der Waals surface area contributed by atoms with E-state index >= 15 is 0 Å². The van der Waals surface area contributed by atoms with E-state index in [1.807, 2.05) is 6.92 Å². The standard InChI is InChI=1S/C20H27FN4O/c1-2-19-17(13-23-25(19)16-10-8-15(21)9-11-16)20(26)24-18(12-22)14-6-4-3-5-7-14/h8-11,13-14,18H,2-7,12,22H2,1H3,(H,24,26). The summed E-state index contributed by atoms with van der Waals surface area (Å²) >= 11 is 0. The van der Waals surface area contributed by atoms with Crippen molar-refractivity contribution in [2.24, 2.45) is 11.7 Å². The third-order valence-corrected chi connectivity index (χ3v) is 5.31. The van der Waals surface area contributed by atoms with Gasteiger partial charge in [-0.2, -0.15) is 5.10 Å². The van der Waals surface area contributed by atoms with Crippen molar-refractivity contribution < 1.29 is 9.18 Å². The molecule has 0 radical (unpaired) electrons. The number of hydrogen-bond acceptors (Lipinski definition) is 3. The Balaban J connectivity index is 1.79. The third-order valence-electron chi connectivity index (χ3n) is 5.31. The molecule has 3 rings (SSSR count). The molecule has 2 aromatic rings. The normalized spacial score (nSPS) is 16.4. The number of benzene rings is 1. The monoisotopic (exact) mass is 358 g/mol. The molecule has 1 amide bonds. The van der Waals surface area contributed by atoms with E-state index in [0.717, 1.165) is 24.2 Å². The summed E-state index contributed by atoms with van der Waals surface area (Å²) in [5.74, 6) is 0.0290. The van der Waals surface area contributed by atoms with E-state index in [-0.39, 0.29) is 17.8 Å². The van der Waals surface area contributed by atoms with Gasteiger partial charge < -0.3 is 11.1 Å². The van der Waals surface area contributed by atoms with Gasteiger partial charge in [0.05, 0.1) is 23.1 Å². The van der Waals surface area contributed by atoms with Gasteiger partial charge in [0, 0.05) is 12.6 Å². The van der Waals surface area contributed by atoms with Gasteiger partial charge in [0.25, 0.3) is 5.91 Å². The first-order chi connectivity index (χ1) is 12.6. The Bertz CT molecular complexity index is 735. The molecule has 1 aromatic carbocycles. The van der Waals surface area contributed by atoms with Crippen molar-refractivity contribution >= 4 is 5.91 Å². The summed E-state index contributed by atoms with van der Waals surface area (Å²) < 4.78 is 14.9. The molecule has 1 heterocycles. The van der Waals surface area contributed by atoms with Crippen LogP contribution in [0.25, 0.3) is 5.69 Å². The van der Waals surface area contributed by atoms with Gasteiger partial charge in [-0.25, -0.2) is 9.07 Å². The van der Waals surface area contributed by atoms with E-state index in [0.29, 0.717) is 24.4 Å². The Hall–Kier alpha value is -2.21. The largest absolute Gasteiger partial charge is 0.348 e. The molecular formula is C20H27FN4O. The van der Waals surface area contributed by atoms with Crippen molar-refractivity contribution in [3.05, 3.63) is 47.5 Å². The zero-order chi connectivity index (χ0) is 18.5. The second-order valence-corrected chi connectivity index (χ2v) is 6.96. The molecular weight excluding hydrogens is 331 g/mol. The topological polar surface area (TPSA) is 72.9 Å². The summed E-state index contributed by atoms with van der Waals surface area (Å²) in [6.45, 7) is 2.43. The highest BCUT2D eigenvalue weighted by Gasteiger charge is 2.26. The lowest BCUT2D eigenvalue weighted by Gasteiger charge is -2.30. The van der Waals surface area contributed by atoms with Crippen molar-refractivity contribution in [2.45, 2.75) is 51.5 Å². The highest BCUT2D eigenvalue weighted by atomic mass is 19.1. The zero-order valence-corrected chi connectivity index (χ0v) is 15.2. The molecule has 1 unspecified atom stereocenters. The number of carbonyl (C=O) groups excluding carboxylic acids is 1. The van der Waals surface area contributed by atoms with Gasteiger partial charge in [-0.3, -0.25) is 4.79 Å². The minimum atomic E-state index is -0.296. The molecule has 1 aromatic heterocycles. The molecule has 5 nitrogen and oxygen atoms in total. The van der Waals surface area contributed by atoms with Crippen molar-refractivity contribution in [2.75, 3.05) is 6.54 Å². The molecule has 1 saturated carbocycles. The SMILES string of the molecule is CCc1c(C(=O)NC(CN)C2CCCCC2)cnn1-c1ccc(F)cc1. The summed E-state index contributed by atoms with van der Waals surface area (Å²) in [5.41, 5.74) is 8.06. The van der Waals surface area contributed by atoms with Gasteiger partial charge >= 0.3 is 0 Å². The van der Waals surface area contributed by atoms with E-state index < -0.39 is 0 Å². The number of hydrogen-bond donors (Lipinski definition) is 2. The van der Waals surface area contributed by atoms with Crippen LogP contribution in [0.3, 0.4) is 0 Å². The number of nitrogens with two attached hydrogens (primary N) is 1. The Morgan fingerprint density at radius 2 is 2.00 bits per heavy atom. The second kappa shape index (κ2) is 8.45. The zero-order valence-electron chi connectivity index (χ0n) is 15.2. The molecule has 0 aliphatic heterocycles. The molecule has 3 N–H and O–H groups in total. The maximum atomic E-state index is 13.2. The lowest BCUT2D eigenvalue weighted by molar-refractivity contribution is 0.0914. The number of rotatable bonds is 6. The maximum absolute atomic E-state index is 13.2. The Kier molecular flexibility index (Phi) is 6.04. The van der Waals surface area contributed by atoms with Gasteiger partial charge in [0.15, 0.2) is 0 Å².